The monoisotopic (exact) mass is 299 g/mol. The quantitative estimate of drug-likeness (QED) is 0.924. The molecule has 0 radical (unpaired) electrons. The van der Waals surface area contributed by atoms with Crippen LogP contribution in [0.4, 0.5) is 14.6 Å². The number of hydrogen-bond donors (Lipinski definition) is 1. The zero-order valence-electron chi connectivity index (χ0n) is 8.57. The Balaban J connectivity index is 2.52. The molecule has 2 aromatic heterocycles. The maximum Gasteiger partial charge on any atom is 0.280 e. The van der Waals surface area contributed by atoms with Crippen LogP contribution in [0.25, 0.3) is 11.1 Å². The fourth-order valence-corrected chi connectivity index (χ4v) is 1.75. The van der Waals surface area contributed by atoms with E-state index in [4.69, 9.17) is 5.73 Å². The van der Waals surface area contributed by atoms with Gasteiger partial charge >= 0.3 is 0 Å². The van der Waals surface area contributed by atoms with Crippen LogP contribution < -0.4 is 5.73 Å². The van der Waals surface area contributed by atoms with Crippen LogP contribution >= 0.6 is 15.9 Å². The molecule has 0 spiro atoms. The van der Waals surface area contributed by atoms with Gasteiger partial charge in [0.15, 0.2) is 0 Å². The Bertz CT molecular complexity index is 546. The molecule has 2 aromatic rings. The SMILES string of the molecule is Nc1ncc(Br)cc1-c1ccnc(C(F)F)c1. The second-order valence-electron chi connectivity index (χ2n) is 3.36. The van der Waals surface area contributed by atoms with Gasteiger partial charge in [-0.2, -0.15) is 0 Å². The summed E-state index contributed by atoms with van der Waals surface area (Å²) < 4.78 is 25.8. The van der Waals surface area contributed by atoms with Crippen LogP contribution in [0, 0.1) is 0 Å². The molecule has 0 unspecified atom stereocenters. The molecule has 0 aliphatic heterocycles. The molecule has 2 rings (SSSR count). The Labute approximate surface area is 105 Å². The maximum atomic E-state index is 12.5. The molecule has 0 aliphatic rings. The van der Waals surface area contributed by atoms with Crippen LogP contribution in [-0.4, -0.2) is 9.97 Å². The molecule has 88 valence electrons. The molecule has 2 N–H and O–H groups in total. The van der Waals surface area contributed by atoms with Crippen molar-refractivity contribution in [2.24, 2.45) is 0 Å². The molecule has 0 saturated carbocycles. The van der Waals surface area contributed by atoms with Gasteiger partial charge in [-0.25, -0.2) is 13.8 Å². The molecule has 2 heterocycles. The number of halogens is 3. The van der Waals surface area contributed by atoms with E-state index < -0.39 is 6.43 Å². The number of hydrogen-bond acceptors (Lipinski definition) is 3. The lowest BCUT2D eigenvalue weighted by Gasteiger charge is -2.07. The van der Waals surface area contributed by atoms with Crippen molar-refractivity contribution in [3.05, 3.63) is 40.8 Å². The molecular formula is C11H8BrF2N3. The lowest BCUT2D eigenvalue weighted by Crippen LogP contribution is -1.96. The van der Waals surface area contributed by atoms with Crippen LogP contribution in [0.5, 0.6) is 0 Å². The lowest BCUT2D eigenvalue weighted by atomic mass is 10.1. The van der Waals surface area contributed by atoms with Crippen LogP contribution in [0.3, 0.4) is 0 Å². The average Bonchev–Trinajstić information content (AvgIpc) is 2.32. The number of nitrogens with two attached hydrogens (primary N) is 1. The van der Waals surface area contributed by atoms with Crippen molar-refractivity contribution in [3.8, 4) is 11.1 Å². The summed E-state index contributed by atoms with van der Waals surface area (Å²) in [5.41, 5.74) is 6.60. The third-order valence-electron chi connectivity index (χ3n) is 2.20. The Kier molecular flexibility index (Phi) is 3.33. The molecule has 0 fully saturated rings. The van der Waals surface area contributed by atoms with E-state index in [2.05, 4.69) is 25.9 Å². The first-order chi connectivity index (χ1) is 8.08. The van der Waals surface area contributed by atoms with Crippen LogP contribution in [0.15, 0.2) is 35.1 Å². The molecule has 6 heteroatoms. The Morgan fingerprint density at radius 3 is 2.71 bits per heavy atom. The van der Waals surface area contributed by atoms with Crippen molar-refractivity contribution in [2.45, 2.75) is 6.43 Å². The highest BCUT2D eigenvalue weighted by molar-refractivity contribution is 9.10. The first-order valence-corrected chi connectivity index (χ1v) is 5.52. The zero-order chi connectivity index (χ0) is 12.4. The minimum absolute atomic E-state index is 0.276. The van der Waals surface area contributed by atoms with E-state index in [0.717, 1.165) is 4.47 Å². The van der Waals surface area contributed by atoms with Gasteiger partial charge in [0.2, 0.25) is 0 Å². The highest BCUT2D eigenvalue weighted by Gasteiger charge is 2.11. The van der Waals surface area contributed by atoms with Gasteiger partial charge in [-0.1, -0.05) is 0 Å². The first kappa shape index (κ1) is 11.9. The van der Waals surface area contributed by atoms with Gasteiger partial charge in [-0.05, 0) is 39.7 Å². The van der Waals surface area contributed by atoms with Crippen LogP contribution in [0.1, 0.15) is 12.1 Å². The van der Waals surface area contributed by atoms with E-state index >= 15 is 0 Å². The lowest BCUT2D eigenvalue weighted by molar-refractivity contribution is 0.146. The van der Waals surface area contributed by atoms with Crippen LogP contribution in [0.2, 0.25) is 0 Å². The van der Waals surface area contributed by atoms with Gasteiger partial charge < -0.3 is 5.73 Å². The van der Waals surface area contributed by atoms with Crippen molar-refractivity contribution in [2.75, 3.05) is 5.73 Å². The van der Waals surface area contributed by atoms with Crippen molar-refractivity contribution in [1.29, 1.82) is 0 Å². The van der Waals surface area contributed by atoms with Gasteiger partial charge in [0, 0.05) is 22.4 Å². The van der Waals surface area contributed by atoms with Crippen molar-refractivity contribution in [3.63, 3.8) is 0 Å². The molecule has 0 aromatic carbocycles. The number of anilines is 1. The summed E-state index contributed by atoms with van der Waals surface area (Å²) in [7, 11) is 0. The second-order valence-corrected chi connectivity index (χ2v) is 4.27. The summed E-state index contributed by atoms with van der Waals surface area (Å²) in [4.78, 5) is 7.55. The molecule has 0 aliphatic carbocycles. The van der Waals surface area contributed by atoms with Crippen molar-refractivity contribution >= 4 is 21.7 Å². The van der Waals surface area contributed by atoms with E-state index in [1.54, 1.807) is 18.3 Å². The number of rotatable bonds is 2. The molecule has 17 heavy (non-hydrogen) atoms. The summed E-state index contributed by atoms with van der Waals surface area (Å²) in [6.07, 6.45) is 0.280. The number of alkyl halides is 2. The molecular weight excluding hydrogens is 292 g/mol. The smallest absolute Gasteiger partial charge is 0.280 e. The minimum atomic E-state index is -2.60. The first-order valence-electron chi connectivity index (χ1n) is 4.73. The Morgan fingerprint density at radius 1 is 1.24 bits per heavy atom. The third kappa shape index (κ3) is 2.58. The second kappa shape index (κ2) is 4.75. The van der Waals surface area contributed by atoms with Gasteiger partial charge in [0.25, 0.3) is 6.43 Å². The highest BCUT2D eigenvalue weighted by Crippen LogP contribution is 2.29. The van der Waals surface area contributed by atoms with Gasteiger partial charge in [0.1, 0.15) is 11.5 Å². The normalized spacial score (nSPS) is 10.8. The standard InChI is InChI=1S/C11H8BrF2N3/c12-7-4-8(11(15)17-5-7)6-1-2-16-9(3-6)10(13)14/h1-5,10H,(H2,15,17). The largest absolute Gasteiger partial charge is 0.383 e. The fraction of sp³-hybridized carbons (Fsp3) is 0.0909. The number of nitrogens with zero attached hydrogens (tertiary/aromatic N) is 2. The summed E-state index contributed by atoms with van der Waals surface area (Å²) in [5, 5.41) is 0. The maximum absolute atomic E-state index is 12.5. The van der Waals surface area contributed by atoms with Crippen molar-refractivity contribution < 1.29 is 8.78 Å². The average molecular weight is 300 g/mol. The number of aromatic nitrogens is 2. The molecule has 0 saturated heterocycles. The van der Waals surface area contributed by atoms with E-state index in [1.165, 1.54) is 12.3 Å². The zero-order valence-corrected chi connectivity index (χ0v) is 10.2. The molecule has 3 nitrogen and oxygen atoms in total. The fourth-order valence-electron chi connectivity index (χ4n) is 1.42. The van der Waals surface area contributed by atoms with Crippen LogP contribution in [-0.2, 0) is 0 Å². The van der Waals surface area contributed by atoms with E-state index in [-0.39, 0.29) is 5.69 Å². The Morgan fingerprint density at radius 2 is 2.00 bits per heavy atom. The van der Waals surface area contributed by atoms with Gasteiger partial charge in [0.05, 0.1) is 0 Å². The highest BCUT2D eigenvalue weighted by atomic mass is 79.9. The van der Waals surface area contributed by atoms with Gasteiger partial charge in [-0.3, -0.25) is 4.98 Å². The number of nitrogen functional groups attached to an aromatic ring is 1. The summed E-state index contributed by atoms with van der Waals surface area (Å²) in [5.74, 6) is 0.291. The molecule has 0 atom stereocenters. The molecule has 0 bridgehead atoms. The Hall–Kier alpha value is -1.56. The summed E-state index contributed by atoms with van der Waals surface area (Å²) in [6, 6.07) is 4.66. The molecule has 0 amide bonds. The predicted octanol–water partition coefficient (Wildman–Crippen LogP) is 3.43. The third-order valence-corrected chi connectivity index (χ3v) is 2.63. The minimum Gasteiger partial charge on any atom is -0.383 e. The predicted molar refractivity (Wildman–Crippen MR) is 64.5 cm³/mol. The van der Waals surface area contributed by atoms with Crippen molar-refractivity contribution in [1.82, 2.24) is 9.97 Å². The topological polar surface area (TPSA) is 51.8 Å². The van der Waals surface area contributed by atoms with E-state index in [0.29, 0.717) is 16.9 Å². The summed E-state index contributed by atoms with van der Waals surface area (Å²) in [6.45, 7) is 0. The summed E-state index contributed by atoms with van der Waals surface area (Å²) >= 11 is 3.26. The number of pyridine rings is 2. The van der Waals surface area contributed by atoms with E-state index in [1.807, 2.05) is 0 Å². The van der Waals surface area contributed by atoms with E-state index in [9.17, 15) is 8.78 Å². The van der Waals surface area contributed by atoms with Gasteiger partial charge in [-0.15, -0.1) is 0 Å².